The number of aryl methyl sites for hydroxylation is 1. The fraction of sp³-hybridized carbons (Fsp3) is 0.444. The van der Waals surface area contributed by atoms with Gasteiger partial charge in [-0.25, -0.2) is 4.98 Å². The first kappa shape index (κ1) is 13.7. The summed E-state index contributed by atoms with van der Waals surface area (Å²) in [6, 6.07) is 0. The zero-order valence-electron chi connectivity index (χ0n) is 9.98. The standard InChI is InChI=1S/C9H14N5O4P/c10-9-12-7-6(8(15)13-9)11-5-14(7)3-1-2-4-19(16,17)18/h5H,1-4H2,(H2,16,17,18)(H3,10,12,13,15). The molecule has 0 amide bonds. The number of fused-ring (bicyclic) bond motifs is 1. The SMILES string of the molecule is Nc1nc2c(ncn2CCCCP(=O)(O)O)c(=O)[nH]1. The number of aromatic amines is 1. The maximum absolute atomic E-state index is 11.5. The molecule has 2 aromatic heterocycles. The van der Waals surface area contributed by atoms with Crippen molar-refractivity contribution >= 4 is 24.7 Å². The number of nitrogens with zero attached hydrogens (tertiary/aromatic N) is 3. The van der Waals surface area contributed by atoms with Crippen molar-refractivity contribution in [1.82, 2.24) is 19.5 Å². The summed E-state index contributed by atoms with van der Waals surface area (Å²) in [5.41, 5.74) is 5.62. The predicted octanol–water partition coefficient (Wildman–Crippen LogP) is -0.340. The molecule has 2 rings (SSSR count). The Labute approximate surface area is 107 Å². The van der Waals surface area contributed by atoms with Crippen molar-refractivity contribution in [2.75, 3.05) is 11.9 Å². The van der Waals surface area contributed by atoms with Crippen molar-refractivity contribution in [2.45, 2.75) is 19.4 Å². The Kier molecular flexibility index (Phi) is 3.70. The number of hydrogen-bond acceptors (Lipinski definition) is 5. The first-order valence-electron chi connectivity index (χ1n) is 5.62. The average molecular weight is 287 g/mol. The second-order valence-corrected chi connectivity index (χ2v) is 5.93. The first-order valence-corrected chi connectivity index (χ1v) is 7.42. The maximum Gasteiger partial charge on any atom is 0.325 e. The number of aromatic nitrogens is 4. The molecule has 0 atom stereocenters. The summed E-state index contributed by atoms with van der Waals surface area (Å²) >= 11 is 0. The van der Waals surface area contributed by atoms with Crippen LogP contribution in [0.1, 0.15) is 12.8 Å². The fourth-order valence-corrected chi connectivity index (χ4v) is 2.37. The highest BCUT2D eigenvalue weighted by Crippen LogP contribution is 2.35. The van der Waals surface area contributed by atoms with E-state index in [9.17, 15) is 9.36 Å². The Morgan fingerprint density at radius 3 is 2.84 bits per heavy atom. The van der Waals surface area contributed by atoms with Crippen molar-refractivity contribution in [1.29, 1.82) is 0 Å². The maximum atomic E-state index is 11.5. The Hall–Kier alpha value is -1.70. The molecule has 0 spiro atoms. The van der Waals surface area contributed by atoms with Crippen LogP contribution in [-0.4, -0.2) is 35.5 Å². The third kappa shape index (κ3) is 3.40. The van der Waals surface area contributed by atoms with Gasteiger partial charge in [0.15, 0.2) is 11.2 Å². The number of nitrogens with one attached hydrogen (secondary N) is 1. The minimum absolute atomic E-state index is 0.00877. The number of imidazole rings is 1. The topological polar surface area (TPSA) is 147 Å². The first-order chi connectivity index (χ1) is 8.87. The Balaban J connectivity index is 2.10. The summed E-state index contributed by atoms with van der Waals surface area (Å²) in [6.45, 7) is 0.465. The van der Waals surface area contributed by atoms with Crippen molar-refractivity contribution < 1.29 is 14.4 Å². The van der Waals surface area contributed by atoms with Crippen molar-refractivity contribution in [3.8, 4) is 0 Å². The summed E-state index contributed by atoms with van der Waals surface area (Å²) < 4.78 is 12.3. The normalized spacial score (nSPS) is 12.1. The average Bonchev–Trinajstić information content (AvgIpc) is 2.66. The highest BCUT2D eigenvalue weighted by Gasteiger charge is 2.12. The molecule has 0 aromatic carbocycles. The summed E-state index contributed by atoms with van der Waals surface area (Å²) in [5.74, 6) is 0.00877. The van der Waals surface area contributed by atoms with Gasteiger partial charge < -0.3 is 20.1 Å². The van der Waals surface area contributed by atoms with Crippen molar-refractivity contribution in [3.63, 3.8) is 0 Å². The van der Waals surface area contributed by atoms with Gasteiger partial charge in [0, 0.05) is 12.7 Å². The third-order valence-corrected chi connectivity index (χ3v) is 3.49. The van der Waals surface area contributed by atoms with Gasteiger partial charge in [0.25, 0.3) is 5.56 Å². The fourth-order valence-electron chi connectivity index (χ4n) is 1.73. The Morgan fingerprint density at radius 2 is 2.16 bits per heavy atom. The highest BCUT2D eigenvalue weighted by molar-refractivity contribution is 7.51. The van der Waals surface area contributed by atoms with Gasteiger partial charge in [0.05, 0.1) is 6.33 Å². The molecule has 5 N–H and O–H groups in total. The summed E-state index contributed by atoms with van der Waals surface area (Å²) in [7, 11) is -3.95. The van der Waals surface area contributed by atoms with E-state index in [1.807, 2.05) is 0 Å². The summed E-state index contributed by atoms with van der Waals surface area (Å²) in [4.78, 5) is 39.3. The number of nitrogens with two attached hydrogens (primary N) is 1. The van der Waals surface area contributed by atoms with Crippen LogP contribution in [0.5, 0.6) is 0 Å². The van der Waals surface area contributed by atoms with Gasteiger partial charge in [-0.3, -0.25) is 14.3 Å². The van der Waals surface area contributed by atoms with E-state index in [1.165, 1.54) is 6.33 Å². The molecule has 0 unspecified atom stereocenters. The number of anilines is 1. The lowest BCUT2D eigenvalue weighted by atomic mass is 10.3. The van der Waals surface area contributed by atoms with E-state index in [2.05, 4.69) is 15.0 Å². The predicted molar refractivity (Wildman–Crippen MR) is 68.7 cm³/mol. The molecule has 0 fully saturated rings. The van der Waals surface area contributed by atoms with Gasteiger partial charge in [0.1, 0.15) is 0 Å². The summed E-state index contributed by atoms with van der Waals surface area (Å²) in [6.07, 6.45) is 2.23. The molecule has 2 heterocycles. The second kappa shape index (κ2) is 5.12. The lowest BCUT2D eigenvalue weighted by molar-refractivity contribution is 0.370. The number of rotatable bonds is 5. The van der Waals surface area contributed by atoms with Crippen LogP contribution >= 0.6 is 7.60 Å². The van der Waals surface area contributed by atoms with Gasteiger partial charge in [-0.2, -0.15) is 4.98 Å². The molecule has 2 aromatic rings. The quantitative estimate of drug-likeness (QED) is 0.434. The molecule has 0 saturated heterocycles. The third-order valence-electron chi connectivity index (χ3n) is 2.59. The molecule has 0 aliphatic rings. The zero-order valence-corrected chi connectivity index (χ0v) is 10.9. The number of hydrogen-bond donors (Lipinski definition) is 4. The Morgan fingerprint density at radius 1 is 1.42 bits per heavy atom. The van der Waals surface area contributed by atoms with E-state index < -0.39 is 13.2 Å². The molecule has 9 nitrogen and oxygen atoms in total. The molecular weight excluding hydrogens is 273 g/mol. The molecule has 0 aliphatic heterocycles. The van der Waals surface area contributed by atoms with Crippen molar-refractivity contribution in [3.05, 3.63) is 16.7 Å². The van der Waals surface area contributed by atoms with Crippen LogP contribution in [-0.2, 0) is 11.1 Å². The lowest BCUT2D eigenvalue weighted by Gasteiger charge is -2.05. The number of unbranched alkanes of at least 4 members (excludes halogenated alkanes) is 1. The van der Waals surface area contributed by atoms with E-state index in [0.717, 1.165) is 0 Å². The molecule has 10 heteroatoms. The van der Waals surface area contributed by atoms with Crippen LogP contribution in [0.4, 0.5) is 5.95 Å². The van der Waals surface area contributed by atoms with Gasteiger partial charge in [-0.05, 0) is 12.8 Å². The van der Waals surface area contributed by atoms with Crippen molar-refractivity contribution in [2.24, 2.45) is 0 Å². The van der Waals surface area contributed by atoms with E-state index >= 15 is 0 Å². The molecule has 0 radical (unpaired) electrons. The van der Waals surface area contributed by atoms with Gasteiger partial charge in [0.2, 0.25) is 5.95 Å². The second-order valence-electron chi connectivity index (χ2n) is 4.16. The number of nitrogen functional groups attached to an aromatic ring is 1. The van der Waals surface area contributed by atoms with Gasteiger partial charge >= 0.3 is 7.60 Å². The van der Waals surface area contributed by atoms with E-state index in [4.69, 9.17) is 15.5 Å². The van der Waals surface area contributed by atoms with E-state index in [1.54, 1.807) is 4.57 Å². The summed E-state index contributed by atoms with van der Waals surface area (Å²) in [5, 5.41) is 0. The smallest absolute Gasteiger partial charge is 0.325 e. The van der Waals surface area contributed by atoms with E-state index in [-0.39, 0.29) is 17.6 Å². The molecule has 0 aliphatic carbocycles. The Bertz CT molecular complexity index is 687. The van der Waals surface area contributed by atoms with Crippen LogP contribution < -0.4 is 11.3 Å². The minimum Gasteiger partial charge on any atom is -0.369 e. The lowest BCUT2D eigenvalue weighted by Crippen LogP contribution is -2.12. The monoisotopic (exact) mass is 287 g/mol. The largest absolute Gasteiger partial charge is 0.369 e. The molecule has 0 bridgehead atoms. The van der Waals surface area contributed by atoms with Crippen LogP contribution in [0, 0.1) is 0 Å². The molecule has 104 valence electrons. The van der Waals surface area contributed by atoms with E-state index in [0.29, 0.717) is 25.0 Å². The van der Waals surface area contributed by atoms with Gasteiger partial charge in [-0.1, -0.05) is 0 Å². The number of H-pyrrole nitrogens is 1. The molecule has 19 heavy (non-hydrogen) atoms. The van der Waals surface area contributed by atoms with Crippen LogP contribution in [0.3, 0.4) is 0 Å². The molecular formula is C9H14N5O4P. The van der Waals surface area contributed by atoms with Gasteiger partial charge in [-0.15, -0.1) is 0 Å². The molecule has 0 saturated carbocycles. The zero-order chi connectivity index (χ0) is 14.0. The van der Waals surface area contributed by atoms with Crippen LogP contribution in [0.2, 0.25) is 0 Å². The van der Waals surface area contributed by atoms with Crippen LogP contribution in [0.25, 0.3) is 11.2 Å². The van der Waals surface area contributed by atoms with Crippen LogP contribution in [0.15, 0.2) is 11.1 Å². The highest BCUT2D eigenvalue weighted by atomic mass is 31.2. The minimum atomic E-state index is -3.95.